The van der Waals surface area contributed by atoms with Crippen molar-refractivity contribution < 1.29 is 75.8 Å². The van der Waals surface area contributed by atoms with Gasteiger partial charge >= 0.3 is 30.1 Å². The van der Waals surface area contributed by atoms with E-state index >= 15 is 0 Å². The molecule has 4 aliphatic rings. The molecule has 0 unspecified atom stereocenters. The Balaban J connectivity index is 0.000000894. The fraction of sp³-hybridized carbons (Fsp3) is 0.588. The number of piperidine rings is 1. The maximum atomic E-state index is 13.6. The van der Waals surface area contributed by atoms with Crippen LogP contribution in [0.15, 0.2) is 24.0 Å². The second-order valence-electron chi connectivity index (χ2n) is 13.9. The molecule has 5 rings (SSSR count). The number of likely N-dealkylation sites (N-methyl/N-ethyl adjacent to an activating group) is 1. The van der Waals surface area contributed by atoms with Gasteiger partial charge in [-0.25, -0.2) is 9.59 Å². The Labute approximate surface area is 290 Å². The number of phenols is 1. The summed E-state index contributed by atoms with van der Waals surface area (Å²) in [5.74, 6) is -4.41. The summed E-state index contributed by atoms with van der Waals surface area (Å²) in [6.45, 7) is 7.71. The van der Waals surface area contributed by atoms with Crippen molar-refractivity contribution in [3.8, 4) is 11.5 Å². The van der Waals surface area contributed by atoms with Crippen LogP contribution in [0.25, 0.3) is 0 Å². The molecule has 1 aromatic rings. The highest BCUT2D eigenvalue weighted by Gasteiger charge is 2.72. The first-order chi connectivity index (χ1) is 23.5. The Morgan fingerprint density at radius 3 is 2.25 bits per heavy atom. The van der Waals surface area contributed by atoms with Crippen LogP contribution in [0, 0.1) is 0 Å². The van der Waals surface area contributed by atoms with Crippen LogP contribution in [-0.4, -0.2) is 106 Å². The number of esters is 4. The van der Waals surface area contributed by atoms with E-state index in [0.717, 1.165) is 12.5 Å². The molecular formula is C34H40F3NO13. The molecule has 0 saturated carbocycles. The lowest BCUT2D eigenvalue weighted by Crippen LogP contribution is -2.74. The number of aldehydes is 1. The number of benzene rings is 1. The van der Waals surface area contributed by atoms with E-state index in [1.54, 1.807) is 26.8 Å². The number of phenolic OH excluding ortho intramolecular Hbond substituents is 1. The molecule has 2 aliphatic carbocycles. The largest absolute Gasteiger partial charge is 0.504 e. The summed E-state index contributed by atoms with van der Waals surface area (Å²) in [6.07, 6.45) is -8.78. The number of carbonyl (C=O) groups excluding carboxylic acids is 6. The van der Waals surface area contributed by atoms with Gasteiger partial charge in [0.05, 0.1) is 23.9 Å². The van der Waals surface area contributed by atoms with Gasteiger partial charge in [0.25, 0.3) is 0 Å². The first kappa shape index (κ1) is 39.3. The van der Waals surface area contributed by atoms with Gasteiger partial charge in [-0.05, 0) is 71.8 Å². The molecule has 2 aliphatic heterocycles. The normalized spacial score (nSPS) is 25.6. The zero-order valence-corrected chi connectivity index (χ0v) is 28.8. The SMILES string of the molecule is CC(=O)C[C@H](OC(=O)[C@H](CC(=O)OC(C)(C)C)OC(C)=O)C(=O)OC1=CC[C@@]2(O)[C@H]3Cc4ccc(O)c5c4[C@@]2(CCN3C)[C@H]1O5.O=CC(F)(F)F. The maximum Gasteiger partial charge on any atom is 0.446 e. The first-order valence-electron chi connectivity index (χ1n) is 16.0. The van der Waals surface area contributed by atoms with Crippen molar-refractivity contribution >= 4 is 35.9 Å². The summed E-state index contributed by atoms with van der Waals surface area (Å²) in [5.41, 5.74) is -1.59. The van der Waals surface area contributed by atoms with Crippen LogP contribution in [0.1, 0.15) is 71.4 Å². The van der Waals surface area contributed by atoms with E-state index in [4.69, 9.17) is 28.5 Å². The van der Waals surface area contributed by atoms with Gasteiger partial charge in [0.1, 0.15) is 17.1 Å². The van der Waals surface area contributed by atoms with E-state index < -0.39 is 89.9 Å². The van der Waals surface area contributed by atoms with Gasteiger partial charge in [0.2, 0.25) is 18.5 Å². The number of aliphatic hydroxyl groups is 1. The Morgan fingerprint density at radius 1 is 1.06 bits per heavy atom. The summed E-state index contributed by atoms with van der Waals surface area (Å²) in [7, 11) is 1.94. The number of alkyl halides is 3. The van der Waals surface area contributed by atoms with E-state index in [2.05, 4.69) is 4.90 Å². The first-order valence-corrected chi connectivity index (χ1v) is 16.0. The molecule has 2 N–H and O–H groups in total. The number of likely N-dealkylation sites (tertiary alicyclic amines) is 1. The quantitative estimate of drug-likeness (QED) is 0.214. The number of ketones is 1. The van der Waals surface area contributed by atoms with Gasteiger partial charge in [-0.3, -0.25) is 19.2 Å². The van der Waals surface area contributed by atoms with Gasteiger partial charge in [-0.2, -0.15) is 13.2 Å². The minimum Gasteiger partial charge on any atom is -0.504 e. The number of hydrogen-bond donors (Lipinski definition) is 2. The zero-order chi connectivity index (χ0) is 38.3. The maximum absolute atomic E-state index is 13.6. The smallest absolute Gasteiger partial charge is 0.446 e. The van der Waals surface area contributed by atoms with Crippen molar-refractivity contribution in [3.05, 3.63) is 35.1 Å². The van der Waals surface area contributed by atoms with Crippen molar-refractivity contribution in [3.63, 3.8) is 0 Å². The van der Waals surface area contributed by atoms with Crippen molar-refractivity contribution in [2.24, 2.45) is 0 Å². The number of aromatic hydroxyl groups is 1. The Morgan fingerprint density at radius 2 is 1.69 bits per heavy atom. The van der Waals surface area contributed by atoms with Crippen LogP contribution in [-0.2, 0) is 59.6 Å². The molecule has 0 radical (unpaired) electrons. The van der Waals surface area contributed by atoms with Crippen LogP contribution in [0.2, 0.25) is 0 Å². The lowest BCUT2D eigenvalue weighted by atomic mass is 9.50. The number of rotatable bonds is 9. The fourth-order valence-corrected chi connectivity index (χ4v) is 7.18. The van der Waals surface area contributed by atoms with Crippen LogP contribution < -0.4 is 4.74 Å². The second kappa shape index (κ2) is 14.3. The van der Waals surface area contributed by atoms with Gasteiger partial charge in [0.15, 0.2) is 17.6 Å². The summed E-state index contributed by atoms with van der Waals surface area (Å²) in [4.78, 5) is 73.7. The predicted molar refractivity (Wildman–Crippen MR) is 166 cm³/mol. The van der Waals surface area contributed by atoms with E-state index in [1.165, 1.54) is 13.0 Å². The molecule has 1 fully saturated rings. The van der Waals surface area contributed by atoms with E-state index in [1.807, 2.05) is 13.1 Å². The number of ether oxygens (including phenoxy) is 5. The highest BCUT2D eigenvalue weighted by atomic mass is 19.4. The number of halogens is 3. The molecule has 51 heavy (non-hydrogen) atoms. The van der Waals surface area contributed by atoms with Crippen LogP contribution in [0.5, 0.6) is 11.5 Å². The lowest BCUT2D eigenvalue weighted by Gasteiger charge is -2.61. The molecule has 17 heteroatoms. The molecule has 1 aromatic carbocycles. The third-order valence-electron chi connectivity index (χ3n) is 9.04. The average Bonchev–Trinajstić information content (AvgIpc) is 3.36. The molecule has 1 spiro atoms. The van der Waals surface area contributed by atoms with Gasteiger partial charge in [-0.15, -0.1) is 0 Å². The number of carbonyl (C=O) groups is 6. The van der Waals surface area contributed by atoms with E-state index in [9.17, 15) is 47.4 Å². The molecular weight excluding hydrogens is 687 g/mol. The standard InChI is InChI=1S/C32H39NO12.C2HF3O/c1-16(34)13-21(43-29(39)22(41-17(2)35)15-24(37)45-30(3,4)5)28(38)42-20-9-10-32(40)23-14-18-7-8-19(36)26-25(18)31(32,27(20)44-26)11-12-33(23)6;3-2(4,5)1-6/h7-9,21-23,27,36,40H,10-15H2,1-6H3;1H/t21-,22-,23+,27-,31-,32+;/m0./s1. The number of hydrogen-bond acceptors (Lipinski definition) is 14. The summed E-state index contributed by atoms with van der Waals surface area (Å²) >= 11 is 0. The minimum absolute atomic E-state index is 0.0475. The Kier molecular flexibility index (Phi) is 11.0. The topological polar surface area (TPSA) is 192 Å². The second-order valence-corrected chi connectivity index (χ2v) is 13.9. The molecule has 2 bridgehead atoms. The molecule has 6 atom stereocenters. The van der Waals surface area contributed by atoms with Gasteiger partial charge < -0.3 is 38.8 Å². The van der Waals surface area contributed by atoms with E-state index in [-0.39, 0.29) is 29.7 Å². The van der Waals surface area contributed by atoms with Crippen LogP contribution >= 0.6 is 0 Å². The highest BCUT2D eigenvalue weighted by Crippen LogP contribution is 2.65. The number of nitrogens with zero attached hydrogens (tertiary/aromatic N) is 1. The highest BCUT2D eigenvalue weighted by molar-refractivity contribution is 5.89. The molecule has 0 aromatic heterocycles. The van der Waals surface area contributed by atoms with Crippen molar-refractivity contribution in [1.29, 1.82) is 0 Å². The van der Waals surface area contributed by atoms with Crippen molar-refractivity contribution in [2.75, 3.05) is 13.6 Å². The number of Topliss-reactive ketones (excluding diaryl/α,β-unsaturated/α-hetero) is 1. The molecule has 1 saturated heterocycles. The van der Waals surface area contributed by atoms with Crippen LogP contribution in [0.4, 0.5) is 13.2 Å². The monoisotopic (exact) mass is 727 g/mol. The van der Waals surface area contributed by atoms with Crippen molar-refractivity contribution in [2.45, 2.75) is 114 Å². The Bertz CT molecular complexity index is 1630. The Hall–Kier alpha value is -4.51. The lowest BCUT2D eigenvalue weighted by molar-refractivity contribution is -0.184. The van der Waals surface area contributed by atoms with Gasteiger partial charge in [0, 0.05) is 24.9 Å². The molecule has 2 heterocycles. The molecule has 280 valence electrons. The fourth-order valence-electron chi connectivity index (χ4n) is 7.18. The van der Waals surface area contributed by atoms with Crippen LogP contribution in [0.3, 0.4) is 0 Å². The third-order valence-corrected chi connectivity index (χ3v) is 9.04. The minimum atomic E-state index is -4.64. The van der Waals surface area contributed by atoms with E-state index in [0.29, 0.717) is 24.9 Å². The average molecular weight is 728 g/mol. The zero-order valence-electron chi connectivity index (χ0n) is 28.8. The third kappa shape index (κ3) is 8.03. The van der Waals surface area contributed by atoms with Crippen molar-refractivity contribution in [1.82, 2.24) is 4.90 Å². The summed E-state index contributed by atoms with van der Waals surface area (Å²) in [5, 5.41) is 23.0. The summed E-state index contributed by atoms with van der Waals surface area (Å²) < 4.78 is 58.8. The summed E-state index contributed by atoms with van der Waals surface area (Å²) in [6, 6.07) is 3.09. The predicted octanol–water partition coefficient (Wildman–Crippen LogP) is 2.52. The molecule has 0 amide bonds. The molecule has 14 nitrogen and oxygen atoms in total. The van der Waals surface area contributed by atoms with Gasteiger partial charge in [-0.1, -0.05) is 6.07 Å².